The summed E-state index contributed by atoms with van der Waals surface area (Å²) in [5.41, 5.74) is 5.74. The van der Waals surface area contributed by atoms with E-state index in [1.54, 1.807) is 0 Å². The molecule has 1 heterocycles. The second-order valence-electron chi connectivity index (χ2n) is 1.33. The summed E-state index contributed by atoms with van der Waals surface area (Å²) in [4.78, 5) is 13.9. The van der Waals surface area contributed by atoms with Crippen molar-refractivity contribution in [2.45, 2.75) is 0 Å². The van der Waals surface area contributed by atoms with Crippen molar-refractivity contribution in [3.63, 3.8) is 0 Å². The van der Waals surface area contributed by atoms with Crippen LogP contribution < -0.4 is 5.73 Å². The van der Waals surface area contributed by atoms with Crippen LogP contribution in [0.15, 0.2) is 0 Å². The van der Waals surface area contributed by atoms with Crippen LogP contribution in [0.5, 0.6) is 0 Å². The molecule has 3 nitrogen and oxygen atoms in total. The predicted molar refractivity (Wildman–Crippen MR) is 44.6 cm³/mol. The van der Waals surface area contributed by atoms with Gasteiger partial charge in [-0.25, -0.2) is 4.98 Å². The Morgan fingerprint density at radius 2 is 2.44 bits per heavy atom. The Hall–Kier alpha value is -0.170. The number of nitrogen functional groups attached to an aromatic ring is 1. The highest BCUT2D eigenvalue weighted by molar-refractivity contribution is 14.1. The highest BCUT2D eigenvalue weighted by atomic mass is 127. The maximum atomic E-state index is 10.1. The Labute approximate surface area is 69.4 Å². The first-order valence-corrected chi connectivity index (χ1v) is 4.00. The van der Waals surface area contributed by atoms with Gasteiger partial charge in [-0.05, 0) is 22.6 Å². The lowest BCUT2D eigenvalue weighted by Gasteiger charge is -1.74. The maximum Gasteiger partial charge on any atom is 0.181 e. The van der Waals surface area contributed by atoms with Crippen LogP contribution in [0.4, 0.5) is 5.13 Å². The van der Waals surface area contributed by atoms with Crippen molar-refractivity contribution < 1.29 is 4.79 Å². The van der Waals surface area contributed by atoms with Crippen molar-refractivity contribution >= 4 is 45.3 Å². The number of nitrogens with two attached hydrogens (primary N) is 1. The molecule has 0 saturated carbocycles. The van der Waals surface area contributed by atoms with Gasteiger partial charge in [-0.1, -0.05) is 11.3 Å². The van der Waals surface area contributed by atoms with Crippen molar-refractivity contribution in [1.29, 1.82) is 0 Å². The average molecular weight is 254 g/mol. The summed E-state index contributed by atoms with van der Waals surface area (Å²) in [6, 6.07) is 0. The lowest BCUT2D eigenvalue weighted by Crippen LogP contribution is -1.84. The Kier molecular flexibility index (Phi) is 2.01. The molecule has 0 saturated heterocycles. The van der Waals surface area contributed by atoms with E-state index in [0.29, 0.717) is 17.1 Å². The Balaban J connectivity index is 3.15. The number of rotatable bonds is 1. The van der Waals surface area contributed by atoms with Gasteiger partial charge in [-0.15, -0.1) is 0 Å². The zero-order valence-corrected chi connectivity index (χ0v) is 7.27. The predicted octanol–water partition coefficient (Wildman–Crippen LogP) is 1.14. The lowest BCUT2D eigenvalue weighted by molar-refractivity contribution is 0.111. The first-order valence-electron chi connectivity index (χ1n) is 2.11. The molecule has 48 valence electrons. The summed E-state index contributed by atoms with van der Waals surface area (Å²) in [5, 5.41) is 0.446. The molecule has 0 unspecified atom stereocenters. The molecule has 0 amide bonds. The van der Waals surface area contributed by atoms with Crippen molar-refractivity contribution in [1.82, 2.24) is 4.98 Å². The zero-order chi connectivity index (χ0) is 6.85. The molecular weight excluding hydrogens is 251 g/mol. The molecule has 0 aliphatic rings. The molecule has 0 fully saturated rings. The van der Waals surface area contributed by atoms with E-state index in [1.807, 2.05) is 22.6 Å². The number of anilines is 1. The van der Waals surface area contributed by atoms with Gasteiger partial charge in [0.25, 0.3) is 0 Å². The van der Waals surface area contributed by atoms with E-state index in [1.165, 1.54) is 11.3 Å². The largest absolute Gasteiger partial charge is 0.375 e. The molecule has 0 aliphatic carbocycles. The number of aldehydes is 1. The topological polar surface area (TPSA) is 56.0 Å². The monoisotopic (exact) mass is 254 g/mol. The normalized spacial score (nSPS) is 9.44. The van der Waals surface area contributed by atoms with Crippen LogP contribution in [-0.4, -0.2) is 11.3 Å². The Morgan fingerprint density at radius 1 is 1.78 bits per heavy atom. The molecule has 0 spiro atoms. The van der Waals surface area contributed by atoms with E-state index < -0.39 is 0 Å². The highest BCUT2D eigenvalue weighted by Gasteiger charge is 2.03. The van der Waals surface area contributed by atoms with Crippen LogP contribution in [0.1, 0.15) is 10.5 Å². The van der Waals surface area contributed by atoms with Gasteiger partial charge in [0.1, 0.15) is 5.69 Å². The summed E-state index contributed by atoms with van der Waals surface area (Å²) in [5.74, 6) is 0. The van der Waals surface area contributed by atoms with Crippen LogP contribution in [0, 0.1) is 2.88 Å². The third-order valence-electron chi connectivity index (χ3n) is 0.738. The summed E-state index contributed by atoms with van der Waals surface area (Å²) < 4.78 is 0.847. The fourth-order valence-electron chi connectivity index (χ4n) is 0.402. The Morgan fingerprint density at radius 3 is 2.67 bits per heavy atom. The van der Waals surface area contributed by atoms with Crippen molar-refractivity contribution in [3.05, 3.63) is 8.58 Å². The van der Waals surface area contributed by atoms with Crippen LogP contribution in [0.25, 0.3) is 0 Å². The molecule has 1 aromatic heterocycles. The Bertz CT molecular complexity index is 234. The maximum absolute atomic E-state index is 10.1. The number of halogens is 1. The van der Waals surface area contributed by atoms with Gasteiger partial charge in [0.15, 0.2) is 11.4 Å². The number of aromatic nitrogens is 1. The van der Waals surface area contributed by atoms with Crippen molar-refractivity contribution in [2.24, 2.45) is 0 Å². The summed E-state index contributed by atoms with van der Waals surface area (Å²) in [7, 11) is 0. The number of carbonyl (C=O) groups excluding carboxylic acids is 1. The molecule has 0 radical (unpaired) electrons. The molecule has 1 rings (SSSR count). The highest BCUT2D eigenvalue weighted by Crippen LogP contribution is 2.20. The summed E-state index contributed by atoms with van der Waals surface area (Å²) in [6.07, 6.45) is 0.703. The van der Waals surface area contributed by atoms with Crippen LogP contribution >= 0.6 is 33.9 Å². The minimum Gasteiger partial charge on any atom is -0.375 e. The van der Waals surface area contributed by atoms with E-state index in [0.717, 1.165) is 2.88 Å². The number of carbonyl (C=O) groups is 1. The third kappa shape index (κ3) is 1.39. The van der Waals surface area contributed by atoms with E-state index >= 15 is 0 Å². The third-order valence-corrected chi connectivity index (χ3v) is 2.64. The van der Waals surface area contributed by atoms with Gasteiger partial charge in [-0.3, -0.25) is 4.79 Å². The van der Waals surface area contributed by atoms with Crippen molar-refractivity contribution in [2.75, 3.05) is 5.73 Å². The first kappa shape index (κ1) is 6.94. The van der Waals surface area contributed by atoms with E-state index in [9.17, 15) is 4.79 Å². The SMILES string of the molecule is Nc1nc(C=O)c(I)s1. The summed E-state index contributed by atoms with van der Waals surface area (Å²) in [6.45, 7) is 0. The second-order valence-corrected chi connectivity index (χ2v) is 4.17. The van der Waals surface area contributed by atoms with Gasteiger partial charge >= 0.3 is 0 Å². The smallest absolute Gasteiger partial charge is 0.181 e. The number of hydrogen-bond acceptors (Lipinski definition) is 4. The number of nitrogens with zero attached hydrogens (tertiary/aromatic N) is 1. The molecule has 2 N–H and O–H groups in total. The standard InChI is InChI=1S/C4H3IN2OS/c5-3-2(1-8)7-4(6)9-3/h1H,(H2,6,7). The minimum atomic E-state index is 0.443. The molecule has 0 atom stereocenters. The molecule has 5 heteroatoms. The fraction of sp³-hybridized carbons (Fsp3) is 0. The second kappa shape index (κ2) is 2.61. The van der Waals surface area contributed by atoms with E-state index in [-0.39, 0.29) is 0 Å². The van der Waals surface area contributed by atoms with E-state index in [4.69, 9.17) is 5.73 Å². The molecule has 0 bridgehead atoms. The average Bonchev–Trinajstić information content (AvgIpc) is 2.10. The van der Waals surface area contributed by atoms with Crippen LogP contribution in [-0.2, 0) is 0 Å². The number of hydrogen-bond donors (Lipinski definition) is 1. The van der Waals surface area contributed by atoms with E-state index in [2.05, 4.69) is 4.98 Å². The minimum absolute atomic E-state index is 0.443. The molecular formula is C4H3IN2OS. The number of thiazole rings is 1. The lowest BCUT2D eigenvalue weighted by atomic mass is 10.6. The van der Waals surface area contributed by atoms with Gasteiger partial charge in [0.05, 0.1) is 2.88 Å². The quantitative estimate of drug-likeness (QED) is 0.604. The molecule has 0 aliphatic heterocycles. The molecule has 9 heavy (non-hydrogen) atoms. The zero-order valence-electron chi connectivity index (χ0n) is 4.30. The van der Waals surface area contributed by atoms with Gasteiger partial charge in [0.2, 0.25) is 0 Å². The van der Waals surface area contributed by atoms with Gasteiger partial charge in [-0.2, -0.15) is 0 Å². The van der Waals surface area contributed by atoms with Crippen LogP contribution in [0.3, 0.4) is 0 Å². The summed E-state index contributed by atoms with van der Waals surface area (Å²) >= 11 is 3.34. The molecule has 0 aromatic carbocycles. The van der Waals surface area contributed by atoms with Crippen molar-refractivity contribution in [3.8, 4) is 0 Å². The van der Waals surface area contributed by atoms with Crippen LogP contribution in [0.2, 0.25) is 0 Å². The fourth-order valence-corrected chi connectivity index (χ4v) is 1.85. The van der Waals surface area contributed by atoms with Gasteiger partial charge in [0, 0.05) is 0 Å². The molecule has 1 aromatic rings. The first-order chi connectivity index (χ1) is 4.24. The van der Waals surface area contributed by atoms with Gasteiger partial charge < -0.3 is 5.73 Å².